The highest BCUT2D eigenvalue weighted by Gasteiger charge is 2.38. The van der Waals surface area contributed by atoms with Crippen LogP contribution in [-0.4, -0.2) is 40.5 Å². The highest BCUT2D eigenvalue weighted by Crippen LogP contribution is 2.17. The number of benzene rings is 2. The molecule has 0 radical (unpaired) electrons. The third kappa shape index (κ3) is 7.38. The van der Waals surface area contributed by atoms with Crippen LogP contribution in [0.4, 0.5) is 18.9 Å². The standard InChI is InChI=1S/C15H12N2O5.C2HF3O2/c16-9-14(18)10-3-7-13(8-4-10)22-15(19)11-1-5-12(6-2-11)17(20)21;3-2(4,5)1(6)7/h1-8H,9,16H2;(H,6,7). The Morgan fingerprint density at radius 3 is 1.83 bits per heavy atom. The number of carbonyl (C=O) groups excluding carboxylic acids is 2. The van der Waals surface area contributed by atoms with Gasteiger partial charge in [-0.3, -0.25) is 14.9 Å². The van der Waals surface area contributed by atoms with E-state index in [4.69, 9.17) is 20.4 Å². The minimum absolute atomic E-state index is 0.0953. The summed E-state index contributed by atoms with van der Waals surface area (Å²) in [6, 6.07) is 11.0. The van der Waals surface area contributed by atoms with Crippen LogP contribution in [0.3, 0.4) is 0 Å². The summed E-state index contributed by atoms with van der Waals surface area (Å²) in [5.74, 6) is -3.36. The van der Waals surface area contributed by atoms with Gasteiger partial charge in [-0.25, -0.2) is 9.59 Å². The minimum Gasteiger partial charge on any atom is -0.475 e. The second kappa shape index (κ2) is 9.94. The number of non-ortho nitro benzene ring substituents is 1. The minimum atomic E-state index is -5.08. The lowest BCUT2D eigenvalue weighted by molar-refractivity contribution is -0.384. The average Bonchev–Trinajstić information content (AvgIpc) is 2.67. The predicted molar refractivity (Wildman–Crippen MR) is 91.6 cm³/mol. The monoisotopic (exact) mass is 414 g/mol. The van der Waals surface area contributed by atoms with E-state index in [2.05, 4.69) is 0 Å². The normalized spacial score (nSPS) is 10.3. The lowest BCUT2D eigenvalue weighted by Crippen LogP contribution is -2.21. The Balaban J connectivity index is 0.000000516. The van der Waals surface area contributed by atoms with Gasteiger partial charge in [-0.15, -0.1) is 0 Å². The number of ether oxygens (including phenoxy) is 1. The highest BCUT2D eigenvalue weighted by molar-refractivity contribution is 5.97. The zero-order valence-electron chi connectivity index (χ0n) is 14.4. The summed E-state index contributed by atoms with van der Waals surface area (Å²) in [6.45, 7) is -0.0953. The molecule has 0 saturated carbocycles. The van der Waals surface area contributed by atoms with Crippen LogP contribution >= 0.6 is 0 Å². The van der Waals surface area contributed by atoms with Crippen molar-refractivity contribution in [2.24, 2.45) is 5.73 Å². The van der Waals surface area contributed by atoms with Crippen molar-refractivity contribution in [1.82, 2.24) is 0 Å². The molecule has 0 heterocycles. The number of alkyl halides is 3. The van der Waals surface area contributed by atoms with Crippen molar-refractivity contribution in [1.29, 1.82) is 0 Å². The van der Waals surface area contributed by atoms with Gasteiger partial charge in [0.15, 0.2) is 5.78 Å². The number of rotatable bonds is 5. The number of ketones is 1. The van der Waals surface area contributed by atoms with Crippen LogP contribution in [0.1, 0.15) is 20.7 Å². The molecular formula is C17H13F3N2O7. The molecule has 0 spiro atoms. The molecule has 0 unspecified atom stereocenters. The van der Waals surface area contributed by atoms with Crippen LogP contribution in [0, 0.1) is 10.1 Å². The molecule has 12 heteroatoms. The van der Waals surface area contributed by atoms with Gasteiger partial charge in [-0.2, -0.15) is 13.2 Å². The number of hydrogen-bond donors (Lipinski definition) is 2. The Bertz CT molecular complexity index is 895. The van der Waals surface area contributed by atoms with E-state index in [0.717, 1.165) is 0 Å². The van der Waals surface area contributed by atoms with Gasteiger partial charge in [0.1, 0.15) is 5.75 Å². The number of halogens is 3. The molecule has 0 aliphatic heterocycles. The average molecular weight is 414 g/mol. The van der Waals surface area contributed by atoms with Crippen molar-refractivity contribution in [2.75, 3.05) is 6.54 Å². The molecule has 2 aromatic carbocycles. The number of nitro benzene ring substituents is 1. The summed E-state index contributed by atoms with van der Waals surface area (Å²) >= 11 is 0. The maximum atomic E-state index is 11.9. The summed E-state index contributed by atoms with van der Waals surface area (Å²) in [6.07, 6.45) is -5.08. The lowest BCUT2D eigenvalue weighted by Gasteiger charge is -2.05. The van der Waals surface area contributed by atoms with Gasteiger partial charge < -0.3 is 15.6 Å². The second-order valence-corrected chi connectivity index (χ2v) is 5.15. The fourth-order valence-electron chi connectivity index (χ4n) is 1.71. The molecule has 0 bridgehead atoms. The molecule has 154 valence electrons. The van der Waals surface area contributed by atoms with Gasteiger partial charge in [0.2, 0.25) is 0 Å². The highest BCUT2D eigenvalue weighted by atomic mass is 19.4. The molecule has 0 aromatic heterocycles. The summed E-state index contributed by atoms with van der Waals surface area (Å²) in [7, 11) is 0. The molecule has 0 aliphatic carbocycles. The Labute approximate surface area is 160 Å². The van der Waals surface area contributed by atoms with E-state index in [1.54, 1.807) is 0 Å². The van der Waals surface area contributed by atoms with E-state index < -0.39 is 23.0 Å². The maximum Gasteiger partial charge on any atom is 0.490 e. The molecule has 0 atom stereocenters. The predicted octanol–water partition coefficient (Wildman–Crippen LogP) is 2.59. The first kappa shape index (κ1) is 23.2. The zero-order valence-corrected chi connectivity index (χ0v) is 14.4. The van der Waals surface area contributed by atoms with Crippen molar-refractivity contribution in [3.8, 4) is 5.75 Å². The summed E-state index contributed by atoms with van der Waals surface area (Å²) < 4.78 is 36.9. The first-order chi connectivity index (χ1) is 13.5. The van der Waals surface area contributed by atoms with E-state index in [9.17, 15) is 32.9 Å². The second-order valence-electron chi connectivity index (χ2n) is 5.15. The third-order valence-electron chi connectivity index (χ3n) is 3.13. The summed E-state index contributed by atoms with van der Waals surface area (Å²) in [4.78, 5) is 42.1. The zero-order chi connectivity index (χ0) is 22.2. The quantitative estimate of drug-likeness (QED) is 0.249. The lowest BCUT2D eigenvalue weighted by atomic mass is 10.1. The van der Waals surface area contributed by atoms with Gasteiger partial charge in [0.25, 0.3) is 5.69 Å². The van der Waals surface area contributed by atoms with Crippen molar-refractivity contribution >= 4 is 23.4 Å². The largest absolute Gasteiger partial charge is 0.490 e. The van der Waals surface area contributed by atoms with Gasteiger partial charge in [0, 0.05) is 17.7 Å². The van der Waals surface area contributed by atoms with Crippen LogP contribution in [0.25, 0.3) is 0 Å². The molecule has 2 rings (SSSR count). The number of carbonyl (C=O) groups is 3. The smallest absolute Gasteiger partial charge is 0.475 e. The number of carboxylic acid groups (broad SMARTS) is 1. The first-order valence-electron chi connectivity index (χ1n) is 7.55. The van der Waals surface area contributed by atoms with Crippen LogP contribution in [-0.2, 0) is 4.79 Å². The topological polar surface area (TPSA) is 150 Å². The SMILES string of the molecule is NCC(=O)c1ccc(OC(=O)c2ccc([N+](=O)[O-])cc2)cc1.O=C(O)C(F)(F)F. The number of aliphatic carboxylic acids is 1. The summed E-state index contributed by atoms with van der Waals surface area (Å²) in [5.41, 5.74) is 5.76. The Hall–Kier alpha value is -3.80. The Morgan fingerprint density at radius 1 is 1.00 bits per heavy atom. The molecule has 29 heavy (non-hydrogen) atoms. The van der Waals surface area contributed by atoms with E-state index in [-0.39, 0.29) is 29.3 Å². The summed E-state index contributed by atoms with van der Waals surface area (Å²) in [5, 5.41) is 17.7. The van der Waals surface area contributed by atoms with Gasteiger partial charge in [-0.1, -0.05) is 0 Å². The van der Waals surface area contributed by atoms with Gasteiger partial charge >= 0.3 is 18.1 Å². The first-order valence-corrected chi connectivity index (χ1v) is 7.55. The van der Waals surface area contributed by atoms with Crippen molar-refractivity contribution in [2.45, 2.75) is 6.18 Å². The number of carboxylic acids is 1. The molecule has 0 amide bonds. The number of nitro groups is 1. The molecule has 0 saturated heterocycles. The number of esters is 1. The van der Waals surface area contributed by atoms with E-state index in [1.807, 2.05) is 0 Å². The van der Waals surface area contributed by atoms with Crippen LogP contribution in [0.5, 0.6) is 5.75 Å². The molecule has 2 aromatic rings. The van der Waals surface area contributed by atoms with Crippen LogP contribution in [0.15, 0.2) is 48.5 Å². The molecular weight excluding hydrogens is 401 g/mol. The fourth-order valence-corrected chi connectivity index (χ4v) is 1.71. The number of nitrogens with two attached hydrogens (primary N) is 1. The van der Waals surface area contributed by atoms with E-state index >= 15 is 0 Å². The van der Waals surface area contributed by atoms with Crippen LogP contribution < -0.4 is 10.5 Å². The van der Waals surface area contributed by atoms with Gasteiger partial charge in [0.05, 0.1) is 17.0 Å². The maximum absolute atomic E-state index is 11.9. The number of Topliss-reactive ketones (excluding diaryl/α,β-unsaturated/α-hetero) is 1. The third-order valence-corrected chi connectivity index (χ3v) is 3.13. The van der Waals surface area contributed by atoms with E-state index in [0.29, 0.717) is 5.56 Å². The van der Waals surface area contributed by atoms with Gasteiger partial charge in [-0.05, 0) is 36.4 Å². The van der Waals surface area contributed by atoms with Crippen molar-refractivity contribution < 1.29 is 42.3 Å². The molecule has 0 fully saturated rings. The van der Waals surface area contributed by atoms with Crippen molar-refractivity contribution in [3.05, 3.63) is 69.8 Å². The van der Waals surface area contributed by atoms with Crippen LogP contribution in [0.2, 0.25) is 0 Å². The van der Waals surface area contributed by atoms with Crippen molar-refractivity contribution in [3.63, 3.8) is 0 Å². The number of nitrogens with zero attached hydrogens (tertiary/aromatic N) is 1. The fraction of sp³-hybridized carbons (Fsp3) is 0.118. The molecule has 0 aliphatic rings. The Kier molecular flexibility index (Phi) is 7.97. The Morgan fingerprint density at radius 2 is 1.45 bits per heavy atom. The number of hydrogen-bond acceptors (Lipinski definition) is 7. The molecule has 3 N–H and O–H groups in total. The van der Waals surface area contributed by atoms with E-state index in [1.165, 1.54) is 48.5 Å². The molecule has 9 nitrogen and oxygen atoms in total.